The van der Waals surface area contributed by atoms with Crippen LogP contribution in [0.4, 0.5) is 0 Å². The lowest BCUT2D eigenvalue weighted by molar-refractivity contribution is 0.724. The topological polar surface area (TPSA) is 17.3 Å². The number of fused-ring (bicyclic) bond motifs is 5. The molecule has 4 rings (SSSR count). The van der Waals surface area contributed by atoms with E-state index in [1.165, 1.54) is 28.1 Å². The van der Waals surface area contributed by atoms with Crippen LogP contribution in [-0.4, -0.2) is 9.38 Å². The Bertz CT molecular complexity index is 783. The van der Waals surface area contributed by atoms with Gasteiger partial charge in [0.15, 0.2) is 0 Å². The SMILES string of the molecule is Cc1cccn2c3c(nc12)-c1ccccc1C(C)C3. The van der Waals surface area contributed by atoms with Gasteiger partial charge in [0.1, 0.15) is 5.65 Å². The monoisotopic (exact) mass is 248 g/mol. The van der Waals surface area contributed by atoms with E-state index >= 15 is 0 Å². The highest BCUT2D eigenvalue weighted by atomic mass is 15.0. The number of nitrogens with zero attached hydrogens (tertiary/aromatic N) is 2. The molecule has 0 spiro atoms. The molecule has 0 aliphatic heterocycles. The van der Waals surface area contributed by atoms with Gasteiger partial charge in [-0.25, -0.2) is 4.98 Å². The molecule has 2 heteroatoms. The zero-order valence-corrected chi connectivity index (χ0v) is 11.2. The number of aromatic nitrogens is 2. The van der Waals surface area contributed by atoms with E-state index in [2.05, 4.69) is 60.8 Å². The minimum atomic E-state index is 0.559. The summed E-state index contributed by atoms with van der Waals surface area (Å²) < 4.78 is 2.26. The van der Waals surface area contributed by atoms with Crippen molar-refractivity contribution in [1.29, 1.82) is 0 Å². The molecule has 2 aromatic heterocycles. The molecule has 0 radical (unpaired) electrons. The Morgan fingerprint density at radius 2 is 2.00 bits per heavy atom. The summed E-state index contributed by atoms with van der Waals surface area (Å²) in [5.74, 6) is 0.559. The molecular formula is C17H16N2. The van der Waals surface area contributed by atoms with Gasteiger partial charge in [-0.15, -0.1) is 0 Å². The number of aryl methyl sites for hydroxylation is 1. The third-order valence-corrected chi connectivity index (χ3v) is 4.19. The maximum Gasteiger partial charge on any atom is 0.140 e. The zero-order valence-electron chi connectivity index (χ0n) is 11.2. The molecule has 1 aliphatic rings. The van der Waals surface area contributed by atoms with Crippen LogP contribution in [0.2, 0.25) is 0 Å². The second-order valence-electron chi connectivity index (χ2n) is 5.48. The van der Waals surface area contributed by atoms with Crippen LogP contribution in [0.1, 0.15) is 29.7 Å². The van der Waals surface area contributed by atoms with Crippen molar-refractivity contribution in [2.75, 3.05) is 0 Å². The molecule has 3 aromatic rings. The number of pyridine rings is 1. The van der Waals surface area contributed by atoms with Gasteiger partial charge in [-0.2, -0.15) is 0 Å². The molecule has 19 heavy (non-hydrogen) atoms. The normalized spacial score (nSPS) is 17.3. The van der Waals surface area contributed by atoms with E-state index in [-0.39, 0.29) is 0 Å². The lowest BCUT2D eigenvalue weighted by atomic mass is 9.84. The third kappa shape index (κ3) is 1.40. The van der Waals surface area contributed by atoms with E-state index in [9.17, 15) is 0 Å². The molecule has 1 aliphatic carbocycles. The number of benzene rings is 1. The van der Waals surface area contributed by atoms with Crippen LogP contribution in [0, 0.1) is 6.92 Å². The minimum absolute atomic E-state index is 0.559. The van der Waals surface area contributed by atoms with Crippen molar-refractivity contribution >= 4 is 5.65 Å². The predicted octanol–water partition coefficient (Wildman–Crippen LogP) is 3.97. The van der Waals surface area contributed by atoms with Crippen LogP contribution < -0.4 is 0 Å². The smallest absolute Gasteiger partial charge is 0.140 e. The molecule has 0 fully saturated rings. The Balaban J connectivity index is 2.11. The van der Waals surface area contributed by atoms with Gasteiger partial charge in [0.2, 0.25) is 0 Å². The zero-order chi connectivity index (χ0) is 13.0. The highest BCUT2D eigenvalue weighted by Gasteiger charge is 2.25. The molecule has 0 N–H and O–H groups in total. The highest BCUT2D eigenvalue weighted by molar-refractivity contribution is 5.73. The van der Waals surface area contributed by atoms with Crippen molar-refractivity contribution in [2.45, 2.75) is 26.2 Å². The summed E-state index contributed by atoms with van der Waals surface area (Å²) in [7, 11) is 0. The fourth-order valence-electron chi connectivity index (χ4n) is 3.21. The van der Waals surface area contributed by atoms with Gasteiger partial charge in [-0.1, -0.05) is 37.3 Å². The summed E-state index contributed by atoms with van der Waals surface area (Å²) in [4.78, 5) is 4.89. The Morgan fingerprint density at radius 1 is 1.16 bits per heavy atom. The molecule has 0 bridgehead atoms. The van der Waals surface area contributed by atoms with Gasteiger partial charge in [0.25, 0.3) is 0 Å². The second-order valence-corrected chi connectivity index (χ2v) is 5.48. The lowest BCUT2D eigenvalue weighted by Gasteiger charge is -2.21. The van der Waals surface area contributed by atoms with Gasteiger partial charge in [-0.05, 0) is 36.5 Å². The first-order chi connectivity index (χ1) is 9.25. The maximum absolute atomic E-state index is 4.89. The summed E-state index contributed by atoms with van der Waals surface area (Å²) in [6.07, 6.45) is 3.20. The summed E-state index contributed by atoms with van der Waals surface area (Å²) in [6.45, 7) is 4.43. The number of hydrogen-bond acceptors (Lipinski definition) is 1. The van der Waals surface area contributed by atoms with E-state index in [0.29, 0.717) is 5.92 Å². The van der Waals surface area contributed by atoms with Crippen LogP contribution in [-0.2, 0) is 6.42 Å². The summed E-state index contributed by atoms with van der Waals surface area (Å²) in [5.41, 5.74) is 7.58. The van der Waals surface area contributed by atoms with E-state index in [1.807, 2.05) is 0 Å². The summed E-state index contributed by atoms with van der Waals surface area (Å²) in [6, 6.07) is 12.9. The lowest BCUT2D eigenvalue weighted by Crippen LogP contribution is -2.09. The largest absolute Gasteiger partial charge is 0.303 e. The molecule has 0 saturated carbocycles. The van der Waals surface area contributed by atoms with E-state index in [0.717, 1.165) is 12.1 Å². The fraction of sp³-hybridized carbons (Fsp3) is 0.235. The van der Waals surface area contributed by atoms with Crippen LogP contribution in [0.3, 0.4) is 0 Å². The average molecular weight is 248 g/mol. The Labute approximate surface area is 112 Å². The van der Waals surface area contributed by atoms with Gasteiger partial charge >= 0.3 is 0 Å². The van der Waals surface area contributed by atoms with Crippen molar-refractivity contribution in [3.8, 4) is 11.3 Å². The molecule has 94 valence electrons. The predicted molar refractivity (Wildman–Crippen MR) is 77.5 cm³/mol. The van der Waals surface area contributed by atoms with Crippen molar-refractivity contribution < 1.29 is 0 Å². The van der Waals surface area contributed by atoms with Crippen LogP contribution >= 0.6 is 0 Å². The Kier molecular flexibility index (Phi) is 2.10. The summed E-state index contributed by atoms with van der Waals surface area (Å²) >= 11 is 0. The van der Waals surface area contributed by atoms with Crippen molar-refractivity contribution in [2.24, 2.45) is 0 Å². The van der Waals surface area contributed by atoms with Gasteiger partial charge < -0.3 is 4.40 Å². The molecule has 1 atom stereocenters. The molecule has 0 saturated heterocycles. The van der Waals surface area contributed by atoms with Gasteiger partial charge in [-0.3, -0.25) is 0 Å². The minimum Gasteiger partial charge on any atom is -0.303 e. The molecule has 1 unspecified atom stereocenters. The highest BCUT2D eigenvalue weighted by Crippen LogP contribution is 2.39. The van der Waals surface area contributed by atoms with Crippen molar-refractivity contribution in [1.82, 2.24) is 9.38 Å². The quantitative estimate of drug-likeness (QED) is 0.588. The first kappa shape index (κ1) is 10.8. The van der Waals surface area contributed by atoms with Crippen molar-refractivity contribution in [3.63, 3.8) is 0 Å². The second kappa shape index (κ2) is 3.70. The third-order valence-electron chi connectivity index (χ3n) is 4.19. The first-order valence-corrected chi connectivity index (χ1v) is 6.81. The standard InChI is InChI=1S/C17H16N2/c1-11-6-5-9-19-15-10-12(2)13-7-3-4-8-14(13)16(15)18-17(11)19/h3-9,12H,10H2,1-2H3. The van der Waals surface area contributed by atoms with Gasteiger partial charge in [0, 0.05) is 11.8 Å². The molecule has 1 aromatic carbocycles. The number of imidazole rings is 1. The van der Waals surface area contributed by atoms with Crippen molar-refractivity contribution in [3.05, 3.63) is 59.4 Å². The molecule has 2 heterocycles. The Hall–Kier alpha value is -2.09. The fourth-order valence-corrected chi connectivity index (χ4v) is 3.21. The number of rotatable bonds is 0. The first-order valence-electron chi connectivity index (χ1n) is 6.81. The van der Waals surface area contributed by atoms with E-state index in [4.69, 9.17) is 4.98 Å². The average Bonchev–Trinajstić information content (AvgIpc) is 2.80. The van der Waals surface area contributed by atoms with E-state index < -0.39 is 0 Å². The Morgan fingerprint density at radius 3 is 2.89 bits per heavy atom. The molecule has 2 nitrogen and oxygen atoms in total. The van der Waals surface area contributed by atoms with Crippen LogP contribution in [0.25, 0.3) is 16.9 Å². The maximum atomic E-state index is 4.89. The molecular weight excluding hydrogens is 232 g/mol. The number of hydrogen-bond donors (Lipinski definition) is 0. The summed E-state index contributed by atoms with van der Waals surface area (Å²) in [5, 5.41) is 0. The van der Waals surface area contributed by atoms with E-state index in [1.54, 1.807) is 0 Å². The molecule has 0 amide bonds. The van der Waals surface area contributed by atoms with Gasteiger partial charge in [0.05, 0.1) is 11.4 Å². The van der Waals surface area contributed by atoms with Crippen LogP contribution in [0.15, 0.2) is 42.6 Å². The van der Waals surface area contributed by atoms with Crippen LogP contribution in [0.5, 0.6) is 0 Å².